The van der Waals surface area contributed by atoms with Crippen molar-refractivity contribution < 1.29 is 0 Å². The molecule has 1 aliphatic carbocycles. The zero-order chi connectivity index (χ0) is 13.4. The van der Waals surface area contributed by atoms with E-state index in [-0.39, 0.29) is 0 Å². The summed E-state index contributed by atoms with van der Waals surface area (Å²) >= 11 is 0. The monoisotopic (exact) mass is 253 g/mol. The minimum Gasteiger partial charge on any atom is -0.317 e. The second-order valence-electron chi connectivity index (χ2n) is 6.94. The van der Waals surface area contributed by atoms with E-state index in [4.69, 9.17) is 0 Å². The second kappa shape index (κ2) is 8.96. The fourth-order valence-electron chi connectivity index (χ4n) is 3.79. The minimum atomic E-state index is 0.859. The smallest absolute Gasteiger partial charge is 0.00180 e. The van der Waals surface area contributed by atoms with E-state index in [0.29, 0.717) is 0 Å². The van der Waals surface area contributed by atoms with E-state index in [0.717, 1.165) is 30.2 Å². The summed E-state index contributed by atoms with van der Waals surface area (Å²) in [7, 11) is 0. The SMILES string of the molecule is CCNCC1CCCCCC1CC(C)CC(C)C. The Bertz CT molecular complexity index is 200. The van der Waals surface area contributed by atoms with Crippen LogP contribution in [0.1, 0.15) is 72.6 Å². The van der Waals surface area contributed by atoms with Gasteiger partial charge in [0.2, 0.25) is 0 Å². The van der Waals surface area contributed by atoms with Gasteiger partial charge < -0.3 is 5.32 Å². The number of hydrogen-bond donors (Lipinski definition) is 1. The molecule has 0 radical (unpaired) electrons. The first-order valence-electron chi connectivity index (χ1n) is 8.34. The maximum atomic E-state index is 3.59. The van der Waals surface area contributed by atoms with Crippen LogP contribution in [0.15, 0.2) is 0 Å². The molecule has 0 spiro atoms. The first-order chi connectivity index (χ1) is 8.63. The van der Waals surface area contributed by atoms with Gasteiger partial charge in [0.1, 0.15) is 0 Å². The summed E-state index contributed by atoms with van der Waals surface area (Å²) in [6.07, 6.45) is 10.2. The Kier molecular flexibility index (Phi) is 7.97. The van der Waals surface area contributed by atoms with Crippen LogP contribution in [0.2, 0.25) is 0 Å². The average molecular weight is 253 g/mol. The molecule has 0 saturated heterocycles. The lowest BCUT2D eigenvalue weighted by Gasteiger charge is -2.28. The highest BCUT2D eigenvalue weighted by molar-refractivity contribution is 4.77. The van der Waals surface area contributed by atoms with Crippen LogP contribution in [0.5, 0.6) is 0 Å². The molecular formula is C17H35N. The summed E-state index contributed by atoms with van der Waals surface area (Å²) < 4.78 is 0. The van der Waals surface area contributed by atoms with Crippen LogP contribution >= 0.6 is 0 Å². The van der Waals surface area contributed by atoms with E-state index in [1.165, 1.54) is 51.5 Å². The number of hydrogen-bond acceptors (Lipinski definition) is 1. The van der Waals surface area contributed by atoms with Crippen LogP contribution in [0.4, 0.5) is 0 Å². The molecule has 0 amide bonds. The maximum Gasteiger partial charge on any atom is -0.00180 e. The Morgan fingerprint density at radius 3 is 2.28 bits per heavy atom. The van der Waals surface area contributed by atoms with Crippen molar-refractivity contribution in [3.63, 3.8) is 0 Å². The molecule has 1 rings (SSSR count). The molecule has 1 aliphatic rings. The third-order valence-corrected chi connectivity index (χ3v) is 4.55. The van der Waals surface area contributed by atoms with Crippen molar-refractivity contribution in [1.29, 1.82) is 0 Å². The summed E-state index contributed by atoms with van der Waals surface area (Å²) in [4.78, 5) is 0. The molecule has 1 saturated carbocycles. The lowest BCUT2D eigenvalue weighted by atomic mass is 9.79. The standard InChI is InChI=1S/C17H35N/c1-5-18-13-17-10-8-6-7-9-16(17)12-15(4)11-14(2)3/h14-18H,5-13H2,1-4H3. The summed E-state index contributed by atoms with van der Waals surface area (Å²) in [5.41, 5.74) is 0. The van der Waals surface area contributed by atoms with E-state index in [2.05, 4.69) is 33.0 Å². The van der Waals surface area contributed by atoms with Gasteiger partial charge in [-0.3, -0.25) is 0 Å². The molecule has 1 N–H and O–H groups in total. The van der Waals surface area contributed by atoms with Crippen molar-refractivity contribution in [2.24, 2.45) is 23.7 Å². The largest absolute Gasteiger partial charge is 0.317 e. The highest BCUT2D eigenvalue weighted by Gasteiger charge is 2.24. The molecule has 1 nitrogen and oxygen atoms in total. The highest BCUT2D eigenvalue weighted by atomic mass is 14.8. The van der Waals surface area contributed by atoms with Crippen LogP contribution in [0, 0.1) is 23.7 Å². The average Bonchev–Trinajstić information content (AvgIpc) is 2.51. The van der Waals surface area contributed by atoms with Crippen molar-refractivity contribution in [2.45, 2.75) is 72.6 Å². The van der Waals surface area contributed by atoms with E-state index in [9.17, 15) is 0 Å². The molecule has 0 bridgehead atoms. The molecule has 0 aromatic carbocycles. The van der Waals surface area contributed by atoms with Gasteiger partial charge in [0.25, 0.3) is 0 Å². The highest BCUT2D eigenvalue weighted by Crippen LogP contribution is 2.34. The molecule has 0 heterocycles. The molecule has 0 aromatic heterocycles. The van der Waals surface area contributed by atoms with Crippen molar-refractivity contribution in [1.82, 2.24) is 5.32 Å². The van der Waals surface area contributed by atoms with Gasteiger partial charge in [-0.1, -0.05) is 53.4 Å². The van der Waals surface area contributed by atoms with Crippen LogP contribution < -0.4 is 5.32 Å². The lowest BCUT2D eigenvalue weighted by Crippen LogP contribution is -2.28. The third-order valence-electron chi connectivity index (χ3n) is 4.55. The van der Waals surface area contributed by atoms with Crippen LogP contribution in [-0.4, -0.2) is 13.1 Å². The van der Waals surface area contributed by atoms with Crippen LogP contribution in [0.3, 0.4) is 0 Å². The van der Waals surface area contributed by atoms with E-state index >= 15 is 0 Å². The molecular weight excluding hydrogens is 218 g/mol. The molecule has 1 fully saturated rings. The first kappa shape index (κ1) is 16.0. The van der Waals surface area contributed by atoms with E-state index in [1.807, 2.05) is 0 Å². The number of nitrogens with one attached hydrogen (secondary N) is 1. The maximum absolute atomic E-state index is 3.59. The quantitative estimate of drug-likeness (QED) is 0.639. The van der Waals surface area contributed by atoms with Crippen molar-refractivity contribution in [3.05, 3.63) is 0 Å². The zero-order valence-electron chi connectivity index (χ0n) is 13.2. The molecule has 0 aliphatic heterocycles. The Labute approximate surface area is 115 Å². The van der Waals surface area contributed by atoms with Gasteiger partial charge in [0.15, 0.2) is 0 Å². The molecule has 3 atom stereocenters. The normalized spacial score (nSPS) is 27.2. The van der Waals surface area contributed by atoms with Gasteiger partial charge in [-0.25, -0.2) is 0 Å². The fourth-order valence-corrected chi connectivity index (χ4v) is 3.79. The molecule has 1 heteroatoms. The Morgan fingerprint density at radius 1 is 1.00 bits per heavy atom. The predicted molar refractivity (Wildman–Crippen MR) is 81.8 cm³/mol. The van der Waals surface area contributed by atoms with Gasteiger partial charge >= 0.3 is 0 Å². The summed E-state index contributed by atoms with van der Waals surface area (Å²) in [6.45, 7) is 11.8. The lowest BCUT2D eigenvalue weighted by molar-refractivity contribution is 0.238. The molecule has 0 aromatic rings. The summed E-state index contributed by atoms with van der Waals surface area (Å²) in [6, 6.07) is 0. The van der Waals surface area contributed by atoms with Crippen molar-refractivity contribution in [3.8, 4) is 0 Å². The molecule has 18 heavy (non-hydrogen) atoms. The Morgan fingerprint density at radius 2 is 1.67 bits per heavy atom. The first-order valence-corrected chi connectivity index (χ1v) is 8.34. The van der Waals surface area contributed by atoms with Gasteiger partial charge in [0, 0.05) is 0 Å². The van der Waals surface area contributed by atoms with E-state index < -0.39 is 0 Å². The Balaban J connectivity index is 2.44. The van der Waals surface area contributed by atoms with Gasteiger partial charge in [0.05, 0.1) is 0 Å². The summed E-state index contributed by atoms with van der Waals surface area (Å²) in [5, 5.41) is 3.59. The van der Waals surface area contributed by atoms with Gasteiger partial charge in [-0.2, -0.15) is 0 Å². The fraction of sp³-hybridized carbons (Fsp3) is 1.00. The summed E-state index contributed by atoms with van der Waals surface area (Å²) in [5.74, 6) is 3.71. The second-order valence-corrected chi connectivity index (χ2v) is 6.94. The topological polar surface area (TPSA) is 12.0 Å². The van der Waals surface area contributed by atoms with Crippen LogP contribution in [-0.2, 0) is 0 Å². The number of rotatable bonds is 7. The Hall–Kier alpha value is -0.0400. The van der Waals surface area contributed by atoms with Gasteiger partial charge in [-0.15, -0.1) is 0 Å². The predicted octanol–water partition coefficient (Wildman–Crippen LogP) is 4.86. The van der Waals surface area contributed by atoms with Crippen molar-refractivity contribution >= 4 is 0 Å². The van der Waals surface area contributed by atoms with Crippen LogP contribution in [0.25, 0.3) is 0 Å². The molecule has 108 valence electrons. The third kappa shape index (κ3) is 6.22. The van der Waals surface area contributed by atoms with Gasteiger partial charge in [-0.05, 0) is 56.0 Å². The zero-order valence-corrected chi connectivity index (χ0v) is 13.2. The van der Waals surface area contributed by atoms with E-state index in [1.54, 1.807) is 0 Å². The molecule has 3 unspecified atom stereocenters. The minimum absolute atomic E-state index is 0.859. The van der Waals surface area contributed by atoms with Crippen molar-refractivity contribution in [2.75, 3.05) is 13.1 Å².